The zero-order valence-corrected chi connectivity index (χ0v) is 14.1. The van der Waals surface area contributed by atoms with Crippen molar-refractivity contribution in [3.8, 4) is 11.3 Å². The maximum absolute atomic E-state index is 11.8. The first kappa shape index (κ1) is 16.4. The minimum Gasteiger partial charge on any atom is -0.378 e. The molecule has 2 N–H and O–H groups in total. The number of aromatic amines is 1. The highest BCUT2D eigenvalue weighted by atomic mass is 16.1. The third-order valence-corrected chi connectivity index (χ3v) is 3.60. The molecule has 0 radical (unpaired) electrons. The van der Waals surface area contributed by atoms with Gasteiger partial charge in [-0.1, -0.05) is 42.5 Å². The van der Waals surface area contributed by atoms with Crippen molar-refractivity contribution in [1.82, 2.24) is 9.97 Å². The Morgan fingerprint density at radius 3 is 2.48 bits per heavy atom. The molecule has 0 bridgehead atoms. The van der Waals surface area contributed by atoms with Crippen LogP contribution < -0.4 is 15.9 Å². The van der Waals surface area contributed by atoms with Crippen LogP contribution >= 0.6 is 0 Å². The Morgan fingerprint density at radius 2 is 1.80 bits per heavy atom. The van der Waals surface area contributed by atoms with Crippen LogP contribution in [-0.2, 0) is 0 Å². The van der Waals surface area contributed by atoms with Gasteiger partial charge in [-0.3, -0.25) is 9.78 Å². The first-order valence-electron chi connectivity index (χ1n) is 7.85. The van der Waals surface area contributed by atoms with E-state index in [-0.39, 0.29) is 5.56 Å². The van der Waals surface area contributed by atoms with Gasteiger partial charge in [0.25, 0.3) is 5.56 Å². The number of nitrogens with one attached hydrogen (secondary N) is 2. The number of hydrogen-bond donors (Lipinski definition) is 2. The van der Waals surface area contributed by atoms with Crippen LogP contribution in [0.25, 0.3) is 11.3 Å². The van der Waals surface area contributed by atoms with E-state index in [1.54, 1.807) is 6.21 Å². The summed E-state index contributed by atoms with van der Waals surface area (Å²) in [4.78, 5) is 20.9. The second-order valence-corrected chi connectivity index (χ2v) is 5.70. The largest absolute Gasteiger partial charge is 0.378 e. The number of nitrogens with zero attached hydrogens (tertiary/aromatic N) is 3. The lowest BCUT2D eigenvalue weighted by Gasteiger charge is -2.11. The zero-order valence-electron chi connectivity index (χ0n) is 14.1. The maximum atomic E-state index is 11.8. The van der Waals surface area contributed by atoms with Crippen LogP contribution in [0.5, 0.6) is 0 Å². The molecule has 25 heavy (non-hydrogen) atoms. The van der Waals surface area contributed by atoms with Crippen molar-refractivity contribution >= 4 is 17.9 Å². The van der Waals surface area contributed by atoms with Crippen LogP contribution in [0, 0.1) is 0 Å². The number of hydrazone groups is 1. The molecule has 6 nitrogen and oxygen atoms in total. The molecule has 6 heteroatoms. The lowest BCUT2D eigenvalue weighted by molar-refractivity contribution is 1.09. The van der Waals surface area contributed by atoms with Gasteiger partial charge < -0.3 is 4.90 Å². The van der Waals surface area contributed by atoms with E-state index in [0.717, 1.165) is 16.8 Å². The van der Waals surface area contributed by atoms with Crippen LogP contribution in [0.1, 0.15) is 5.56 Å². The summed E-state index contributed by atoms with van der Waals surface area (Å²) in [7, 11) is 3.98. The molecule has 0 spiro atoms. The van der Waals surface area contributed by atoms with Gasteiger partial charge in [0.2, 0.25) is 5.95 Å². The van der Waals surface area contributed by atoms with Gasteiger partial charge in [-0.2, -0.15) is 5.10 Å². The minimum atomic E-state index is -0.234. The molecule has 0 aliphatic heterocycles. The number of anilines is 2. The van der Waals surface area contributed by atoms with Crippen LogP contribution in [-0.4, -0.2) is 30.3 Å². The number of benzene rings is 2. The summed E-state index contributed by atoms with van der Waals surface area (Å²) in [5.41, 5.74) is 6.07. The molecule has 0 unspecified atom stereocenters. The average molecular weight is 333 g/mol. The average Bonchev–Trinajstić information content (AvgIpc) is 2.62. The van der Waals surface area contributed by atoms with Crippen LogP contribution in [0.4, 0.5) is 11.6 Å². The van der Waals surface area contributed by atoms with Gasteiger partial charge in [0.1, 0.15) is 0 Å². The minimum absolute atomic E-state index is 0.234. The van der Waals surface area contributed by atoms with E-state index < -0.39 is 0 Å². The van der Waals surface area contributed by atoms with E-state index in [1.165, 1.54) is 6.07 Å². The summed E-state index contributed by atoms with van der Waals surface area (Å²) in [6.07, 6.45) is 1.68. The summed E-state index contributed by atoms with van der Waals surface area (Å²) < 4.78 is 0. The highest BCUT2D eigenvalue weighted by molar-refractivity contribution is 5.80. The molecule has 0 atom stereocenters. The summed E-state index contributed by atoms with van der Waals surface area (Å²) in [5, 5.41) is 4.14. The van der Waals surface area contributed by atoms with E-state index in [1.807, 2.05) is 73.6 Å². The normalized spacial score (nSPS) is 10.8. The zero-order chi connectivity index (χ0) is 17.6. The van der Waals surface area contributed by atoms with Gasteiger partial charge in [0.05, 0.1) is 11.9 Å². The highest BCUT2D eigenvalue weighted by Crippen LogP contribution is 2.15. The predicted octanol–water partition coefficient (Wildman–Crippen LogP) is 2.95. The molecule has 0 fully saturated rings. The van der Waals surface area contributed by atoms with Crippen molar-refractivity contribution in [2.75, 3.05) is 24.4 Å². The third-order valence-electron chi connectivity index (χ3n) is 3.60. The molecular formula is C19H19N5O. The predicted molar refractivity (Wildman–Crippen MR) is 102 cm³/mol. The molecule has 0 amide bonds. The fraction of sp³-hybridized carbons (Fsp3) is 0.105. The summed E-state index contributed by atoms with van der Waals surface area (Å²) in [6, 6.07) is 19.0. The lowest BCUT2D eigenvalue weighted by Crippen LogP contribution is -2.10. The van der Waals surface area contributed by atoms with E-state index in [9.17, 15) is 4.79 Å². The summed E-state index contributed by atoms with van der Waals surface area (Å²) in [5.74, 6) is 0.299. The van der Waals surface area contributed by atoms with Crippen LogP contribution in [0.15, 0.2) is 70.6 Å². The molecule has 0 aliphatic rings. The molecule has 2 aromatic carbocycles. The smallest absolute Gasteiger partial charge is 0.252 e. The first-order chi connectivity index (χ1) is 12.1. The van der Waals surface area contributed by atoms with Crippen molar-refractivity contribution in [3.63, 3.8) is 0 Å². The summed E-state index contributed by atoms with van der Waals surface area (Å²) in [6.45, 7) is 0. The third kappa shape index (κ3) is 4.32. The Morgan fingerprint density at radius 1 is 1.08 bits per heavy atom. The van der Waals surface area contributed by atoms with Gasteiger partial charge in [0.15, 0.2) is 0 Å². The second-order valence-electron chi connectivity index (χ2n) is 5.70. The molecule has 1 aromatic heterocycles. The van der Waals surface area contributed by atoms with Crippen molar-refractivity contribution in [2.45, 2.75) is 0 Å². The standard InChI is InChI=1S/C19H19N5O/c1-24(2)16-10-8-14(9-11-16)13-20-23-19-21-17(12-18(25)22-19)15-6-4-3-5-7-15/h3-13H,1-2H3,(H2,21,22,23,25). The van der Waals surface area contributed by atoms with Gasteiger partial charge in [-0.25, -0.2) is 10.4 Å². The second kappa shape index (κ2) is 7.44. The monoisotopic (exact) mass is 333 g/mol. The molecule has 3 rings (SSSR count). The van der Waals surface area contributed by atoms with Crippen molar-refractivity contribution in [2.24, 2.45) is 5.10 Å². The lowest BCUT2D eigenvalue weighted by atomic mass is 10.1. The summed E-state index contributed by atoms with van der Waals surface area (Å²) >= 11 is 0. The molecule has 0 saturated heterocycles. The Hall–Kier alpha value is -3.41. The fourth-order valence-electron chi connectivity index (χ4n) is 2.29. The van der Waals surface area contributed by atoms with Crippen molar-refractivity contribution < 1.29 is 0 Å². The van der Waals surface area contributed by atoms with Gasteiger partial charge in [0, 0.05) is 31.4 Å². The quantitative estimate of drug-likeness (QED) is 0.556. The molecule has 1 heterocycles. The topological polar surface area (TPSA) is 73.4 Å². The number of aromatic nitrogens is 2. The Balaban J connectivity index is 1.75. The number of H-pyrrole nitrogens is 1. The molecule has 126 valence electrons. The van der Waals surface area contributed by atoms with Gasteiger partial charge >= 0.3 is 0 Å². The first-order valence-corrected chi connectivity index (χ1v) is 7.85. The highest BCUT2D eigenvalue weighted by Gasteiger charge is 2.03. The van der Waals surface area contributed by atoms with E-state index in [0.29, 0.717) is 11.6 Å². The molecule has 0 saturated carbocycles. The Kier molecular flexibility index (Phi) is 4.89. The Bertz CT molecular complexity index is 915. The number of rotatable bonds is 5. The van der Waals surface area contributed by atoms with Crippen LogP contribution in [0.3, 0.4) is 0 Å². The molecular weight excluding hydrogens is 314 g/mol. The van der Waals surface area contributed by atoms with Gasteiger partial charge in [-0.15, -0.1) is 0 Å². The SMILES string of the molecule is CN(C)c1ccc(C=NNc2nc(-c3ccccc3)cc(=O)[nH]2)cc1. The fourth-order valence-corrected chi connectivity index (χ4v) is 2.29. The van der Waals surface area contributed by atoms with Crippen LogP contribution in [0.2, 0.25) is 0 Å². The van der Waals surface area contributed by atoms with E-state index >= 15 is 0 Å². The van der Waals surface area contributed by atoms with E-state index in [4.69, 9.17) is 0 Å². The molecule has 0 aliphatic carbocycles. The molecule has 3 aromatic rings. The van der Waals surface area contributed by atoms with Crippen molar-refractivity contribution in [3.05, 3.63) is 76.6 Å². The Labute approximate surface area is 145 Å². The maximum Gasteiger partial charge on any atom is 0.252 e. The number of hydrogen-bond acceptors (Lipinski definition) is 5. The van der Waals surface area contributed by atoms with E-state index in [2.05, 4.69) is 20.5 Å². The van der Waals surface area contributed by atoms with Crippen molar-refractivity contribution in [1.29, 1.82) is 0 Å². The van der Waals surface area contributed by atoms with Gasteiger partial charge in [-0.05, 0) is 17.7 Å².